The Hall–Kier alpha value is -2.17. The molecule has 1 aromatic heterocycles. The highest BCUT2D eigenvalue weighted by molar-refractivity contribution is 5.46. The lowest BCUT2D eigenvalue weighted by Gasteiger charge is -2.02. The van der Waals surface area contributed by atoms with Gasteiger partial charge in [0.1, 0.15) is 0 Å². The molecule has 0 unspecified atom stereocenters. The third kappa shape index (κ3) is 1.48. The first-order valence-electron chi connectivity index (χ1n) is 4.43. The van der Waals surface area contributed by atoms with Crippen LogP contribution in [-0.4, -0.2) is 14.2 Å². The zero-order valence-electron chi connectivity index (χ0n) is 8.21. The van der Waals surface area contributed by atoms with Crippen LogP contribution in [0, 0.1) is 0 Å². The van der Waals surface area contributed by atoms with E-state index in [9.17, 15) is 9.90 Å². The second kappa shape index (κ2) is 3.20. The number of hydrogen-bond acceptors (Lipinski definition) is 3. The van der Waals surface area contributed by atoms with E-state index in [4.69, 9.17) is 5.73 Å². The van der Waals surface area contributed by atoms with Crippen LogP contribution in [0.25, 0.3) is 5.69 Å². The Balaban J connectivity index is 2.64. The van der Waals surface area contributed by atoms with E-state index in [1.807, 2.05) is 0 Å². The van der Waals surface area contributed by atoms with Gasteiger partial charge in [-0.05, 0) is 24.3 Å². The van der Waals surface area contributed by atoms with Gasteiger partial charge in [0.05, 0.1) is 11.9 Å². The van der Waals surface area contributed by atoms with E-state index in [1.54, 1.807) is 31.3 Å². The van der Waals surface area contributed by atoms with E-state index in [0.29, 0.717) is 11.4 Å². The molecule has 0 aliphatic carbocycles. The summed E-state index contributed by atoms with van der Waals surface area (Å²) in [4.78, 5) is 11.6. The van der Waals surface area contributed by atoms with Gasteiger partial charge in [-0.15, -0.1) is 0 Å². The molecule has 15 heavy (non-hydrogen) atoms. The molecule has 5 heteroatoms. The number of nitrogens with two attached hydrogens (primary N) is 1. The number of rotatable bonds is 1. The third-order valence-corrected chi connectivity index (χ3v) is 2.18. The highest BCUT2D eigenvalue weighted by atomic mass is 16.3. The van der Waals surface area contributed by atoms with Crippen LogP contribution in [0.4, 0.5) is 5.69 Å². The second-order valence-corrected chi connectivity index (χ2v) is 3.31. The van der Waals surface area contributed by atoms with Crippen LogP contribution in [0.5, 0.6) is 5.88 Å². The second-order valence-electron chi connectivity index (χ2n) is 3.31. The van der Waals surface area contributed by atoms with Gasteiger partial charge >= 0.3 is 5.69 Å². The Morgan fingerprint density at radius 2 is 1.87 bits per heavy atom. The van der Waals surface area contributed by atoms with Gasteiger partial charge in [-0.1, -0.05) is 0 Å². The smallest absolute Gasteiger partial charge is 0.335 e. The molecule has 0 amide bonds. The summed E-state index contributed by atoms with van der Waals surface area (Å²) in [5, 5.41) is 9.55. The fraction of sp³-hybridized carbons (Fsp3) is 0.100. The normalized spacial score (nSPS) is 10.5. The number of hydrogen-bond donors (Lipinski definition) is 2. The maximum atomic E-state index is 11.6. The number of aromatic hydroxyl groups is 1. The minimum Gasteiger partial charge on any atom is -0.493 e. The topological polar surface area (TPSA) is 73.2 Å². The number of aromatic nitrogens is 2. The summed E-state index contributed by atoms with van der Waals surface area (Å²) in [5.74, 6) is -0.0905. The Morgan fingerprint density at radius 1 is 1.27 bits per heavy atom. The Labute approximate surface area is 86.0 Å². The van der Waals surface area contributed by atoms with Crippen LogP contribution >= 0.6 is 0 Å². The van der Waals surface area contributed by atoms with Crippen molar-refractivity contribution in [3.8, 4) is 11.6 Å². The van der Waals surface area contributed by atoms with Gasteiger partial charge in [0.15, 0.2) is 0 Å². The molecule has 0 fully saturated rings. The average molecular weight is 205 g/mol. The van der Waals surface area contributed by atoms with E-state index in [1.165, 1.54) is 15.3 Å². The van der Waals surface area contributed by atoms with Crippen LogP contribution in [0.15, 0.2) is 35.3 Å². The highest BCUT2D eigenvalue weighted by Gasteiger charge is 2.08. The van der Waals surface area contributed by atoms with Gasteiger partial charge in [0, 0.05) is 12.7 Å². The maximum Gasteiger partial charge on any atom is 0.335 e. The molecule has 0 aliphatic rings. The quantitative estimate of drug-likeness (QED) is 0.664. The Morgan fingerprint density at radius 3 is 2.33 bits per heavy atom. The highest BCUT2D eigenvalue weighted by Crippen LogP contribution is 2.15. The molecule has 0 radical (unpaired) electrons. The molecule has 5 nitrogen and oxygen atoms in total. The van der Waals surface area contributed by atoms with E-state index in [0.717, 1.165) is 0 Å². The van der Waals surface area contributed by atoms with Crippen LogP contribution in [0.1, 0.15) is 0 Å². The van der Waals surface area contributed by atoms with E-state index in [2.05, 4.69) is 0 Å². The van der Waals surface area contributed by atoms with Crippen molar-refractivity contribution >= 4 is 5.69 Å². The predicted molar refractivity (Wildman–Crippen MR) is 57.1 cm³/mol. The van der Waals surface area contributed by atoms with E-state index in [-0.39, 0.29) is 11.6 Å². The molecule has 2 aromatic rings. The van der Waals surface area contributed by atoms with Gasteiger partial charge in [0.2, 0.25) is 5.88 Å². The number of nitrogens with zero attached hydrogens (tertiary/aromatic N) is 2. The minimum absolute atomic E-state index is 0.0905. The van der Waals surface area contributed by atoms with Gasteiger partial charge in [-0.25, -0.2) is 9.36 Å². The molecule has 0 aliphatic heterocycles. The van der Waals surface area contributed by atoms with Gasteiger partial charge in [-0.3, -0.25) is 4.57 Å². The molecule has 0 bridgehead atoms. The number of imidazole rings is 1. The monoisotopic (exact) mass is 205 g/mol. The van der Waals surface area contributed by atoms with Crippen LogP contribution in [-0.2, 0) is 7.05 Å². The molecule has 1 aromatic carbocycles. The molecule has 0 atom stereocenters. The summed E-state index contributed by atoms with van der Waals surface area (Å²) in [7, 11) is 1.58. The molecule has 0 saturated carbocycles. The van der Waals surface area contributed by atoms with Crippen molar-refractivity contribution < 1.29 is 5.11 Å². The first-order valence-corrected chi connectivity index (χ1v) is 4.43. The van der Waals surface area contributed by atoms with Crippen LogP contribution < -0.4 is 11.4 Å². The molecule has 0 saturated heterocycles. The molecule has 78 valence electrons. The van der Waals surface area contributed by atoms with E-state index >= 15 is 0 Å². The van der Waals surface area contributed by atoms with Crippen molar-refractivity contribution in [2.24, 2.45) is 7.05 Å². The molecular formula is C10H11N3O2. The first-order chi connectivity index (χ1) is 7.09. The summed E-state index contributed by atoms with van der Waals surface area (Å²) >= 11 is 0. The number of nitrogen functional groups attached to an aromatic ring is 1. The minimum atomic E-state index is -0.294. The van der Waals surface area contributed by atoms with Gasteiger partial charge in [-0.2, -0.15) is 0 Å². The standard InChI is InChI=1S/C10H11N3O2/c1-12-6-9(14)13(10(12)15)8-4-2-7(11)3-5-8/h2-6,14H,11H2,1H3. The average Bonchev–Trinajstić information content (AvgIpc) is 2.44. The summed E-state index contributed by atoms with van der Waals surface area (Å²) in [5.41, 5.74) is 6.44. The lowest BCUT2D eigenvalue weighted by molar-refractivity contribution is 0.441. The lowest BCUT2D eigenvalue weighted by Crippen LogP contribution is -2.20. The van der Waals surface area contributed by atoms with Gasteiger partial charge < -0.3 is 10.8 Å². The summed E-state index contributed by atoms with van der Waals surface area (Å²) in [6.07, 6.45) is 1.36. The SMILES string of the molecule is Cn1cc(O)n(-c2ccc(N)cc2)c1=O. The molecular weight excluding hydrogens is 194 g/mol. The van der Waals surface area contributed by atoms with Crippen LogP contribution in [0.3, 0.4) is 0 Å². The van der Waals surface area contributed by atoms with Crippen molar-refractivity contribution in [2.45, 2.75) is 0 Å². The molecule has 2 rings (SSSR count). The van der Waals surface area contributed by atoms with Crippen LogP contribution in [0.2, 0.25) is 0 Å². The third-order valence-electron chi connectivity index (χ3n) is 2.18. The zero-order chi connectivity index (χ0) is 11.0. The fourth-order valence-corrected chi connectivity index (χ4v) is 1.41. The summed E-state index contributed by atoms with van der Waals surface area (Å²) in [6, 6.07) is 6.70. The van der Waals surface area contributed by atoms with Crippen molar-refractivity contribution in [1.29, 1.82) is 0 Å². The predicted octanol–water partition coefficient (Wildman–Crippen LogP) is 0.464. The largest absolute Gasteiger partial charge is 0.493 e. The number of benzene rings is 1. The van der Waals surface area contributed by atoms with Crippen molar-refractivity contribution in [1.82, 2.24) is 9.13 Å². The number of aryl methyl sites for hydroxylation is 1. The Kier molecular flexibility index (Phi) is 2.00. The molecule has 3 N–H and O–H groups in total. The van der Waals surface area contributed by atoms with Crippen molar-refractivity contribution in [3.63, 3.8) is 0 Å². The fourth-order valence-electron chi connectivity index (χ4n) is 1.41. The number of anilines is 1. The van der Waals surface area contributed by atoms with E-state index < -0.39 is 0 Å². The summed E-state index contributed by atoms with van der Waals surface area (Å²) < 4.78 is 2.52. The summed E-state index contributed by atoms with van der Waals surface area (Å²) in [6.45, 7) is 0. The molecule has 0 spiro atoms. The Bertz CT molecular complexity index is 537. The zero-order valence-corrected chi connectivity index (χ0v) is 8.21. The first kappa shape index (κ1) is 9.39. The van der Waals surface area contributed by atoms with Crippen molar-refractivity contribution in [3.05, 3.63) is 40.9 Å². The van der Waals surface area contributed by atoms with Gasteiger partial charge in [0.25, 0.3) is 0 Å². The van der Waals surface area contributed by atoms with Crippen molar-refractivity contribution in [2.75, 3.05) is 5.73 Å². The molecule has 1 heterocycles. The maximum absolute atomic E-state index is 11.6. The lowest BCUT2D eigenvalue weighted by atomic mass is 10.3.